The summed E-state index contributed by atoms with van der Waals surface area (Å²) in [5.74, 6) is 0. The lowest BCUT2D eigenvalue weighted by Crippen LogP contribution is -2.11. The lowest BCUT2D eigenvalue weighted by molar-refractivity contribution is 0.107. The van der Waals surface area contributed by atoms with Crippen molar-refractivity contribution in [2.75, 3.05) is 6.61 Å². The largest absolute Gasteiger partial charge is 0.347 e. The van der Waals surface area contributed by atoms with Gasteiger partial charge in [-0.25, -0.2) is 0 Å². The SMILES string of the molecule is CCOP(C(=O)c1ccccc1)c1ccccc1. The van der Waals surface area contributed by atoms with Crippen LogP contribution in [-0.2, 0) is 4.52 Å². The molecular formula is C15H15O2P. The van der Waals surface area contributed by atoms with E-state index in [0.29, 0.717) is 12.2 Å². The Morgan fingerprint density at radius 2 is 1.56 bits per heavy atom. The van der Waals surface area contributed by atoms with Crippen molar-refractivity contribution >= 4 is 19.0 Å². The highest BCUT2D eigenvalue weighted by molar-refractivity contribution is 7.78. The summed E-state index contributed by atoms with van der Waals surface area (Å²) in [6.45, 7) is 2.45. The number of carbonyl (C=O) groups is 1. The number of rotatable bonds is 5. The van der Waals surface area contributed by atoms with E-state index in [4.69, 9.17) is 4.52 Å². The lowest BCUT2D eigenvalue weighted by Gasteiger charge is -2.15. The van der Waals surface area contributed by atoms with Crippen LogP contribution >= 0.6 is 8.15 Å². The molecule has 0 aromatic heterocycles. The summed E-state index contributed by atoms with van der Waals surface area (Å²) in [5.41, 5.74) is 0.777. The van der Waals surface area contributed by atoms with Crippen LogP contribution in [0.1, 0.15) is 17.3 Å². The zero-order valence-corrected chi connectivity index (χ0v) is 11.1. The van der Waals surface area contributed by atoms with Crippen LogP contribution in [-0.4, -0.2) is 12.1 Å². The second kappa shape index (κ2) is 6.44. The fraction of sp³-hybridized carbons (Fsp3) is 0.133. The van der Waals surface area contributed by atoms with E-state index in [1.54, 1.807) is 0 Å². The molecule has 2 aromatic rings. The molecule has 0 heterocycles. The van der Waals surface area contributed by atoms with E-state index in [2.05, 4.69) is 0 Å². The first-order valence-corrected chi connectivity index (χ1v) is 7.16. The zero-order chi connectivity index (χ0) is 12.8. The van der Waals surface area contributed by atoms with E-state index in [-0.39, 0.29) is 5.52 Å². The Balaban J connectivity index is 2.29. The smallest absolute Gasteiger partial charge is 0.216 e. The highest BCUT2D eigenvalue weighted by atomic mass is 31.1. The third-order valence-corrected chi connectivity index (χ3v) is 4.36. The van der Waals surface area contributed by atoms with Crippen molar-refractivity contribution in [2.45, 2.75) is 6.92 Å². The summed E-state index contributed by atoms with van der Waals surface area (Å²) in [6, 6.07) is 19.0. The fourth-order valence-electron chi connectivity index (χ4n) is 1.64. The van der Waals surface area contributed by atoms with Crippen LogP contribution in [0.2, 0.25) is 0 Å². The van der Waals surface area contributed by atoms with Gasteiger partial charge in [0.15, 0.2) is 0 Å². The maximum atomic E-state index is 12.4. The minimum Gasteiger partial charge on any atom is -0.347 e. The van der Waals surface area contributed by atoms with Gasteiger partial charge in [0.05, 0.1) is 0 Å². The predicted molar refractivity (Wildman–Crippen MR) is 75.4 cm³/mol. The van der Waals surface area contributed by atoms with E-state index in [1.807, 2.05) is 67.6 Å². The van der Waals surface area contributed by atoms with Gasteiger partial charge < -0.3 is 4.52 Å². The standard InChI is InChI=1S/C15H15O2P/c1-2-17-18(14-11-7-4-8-12-14)15(16)13-9-5-3-6-10-13/h3-12H,2H2,1H3. The molecule has 0 bridgehead atoms. The van der Waals surface area contributed by atoms with E-state index in [1.165, 1.54) is 0 Å². The van der Waals surface area contributed by atoms with Gasteiger partial charge in [0.2, 0.25) is 5.52 Å². The van der Waals surface area contributed by atoms with Crippen molar-refractivity contribution in [1.29, 1.82) is 0 Å². The van der Waals surface area contributed by atoms with Crippen LogP contribution in [0.4, 0.5) is 0 Å². The normalized spacial score (nSPS) is 12.1. The summed E-state index contributed by atoms with van der Waals surface area (Å²) in [4.78, 5) is 12.4. The number of hydrogen-bond donors (Lipinski definition) is 0. The van der Waals surface area contributed by atoms with E-state index in [0.717, 1.165) is 5.30 Å². The molecule has 0 radical (unpaired) electrons. The molecule has 2 nitrogen and oxygen atoms in total. The average molecular weight is 258 g/mol. The summed E-state index contributed by atoms with van der Waals surface area (Å²) < 4.78 is 5.66. The zero-order valence-electron chi connectivity index (χ0n) is 10.2. The van der Waals surface area contributed by atoms with Crippen molar-refractivity contribution in [3.63, 3.8) is 0 Å². The summed E-state index contributed by atoms with van der Waals surface area (Å²) in [6.07, 6.45) is 0. The van der Waals surface area contributed by atoms with Crippen LogP contribution in [0.5, 0.6) is 0 Å². The molecule has 1 atom stereocenters. The first-order valence-electron chi connectivity index (χ1n) is 5.90. The molecule has 0 spiro atoms. The topological polar surface area (TPSA) is 26.3 Å². The first-order chi connectivity index (χ1) is 8.83. The van der Waals surface area contributed by atoms with E-state index >= 15 is 0 Å². The van der Waals surface area contributed by atoms with Crippen LogP contribution < -0.4 is 5.30 Å². The van der Waals surface area contributed by atoms with E-state index < -0.39 is 8.15 Å². The number of hydrogen-bond acceptors (Lipinski definition) is 2. The Bertz CT molecular complexity index is 496. The van der Waals surface area contributed by atoms with E-state index in [9.17, 15) is 4.79 Å². The van der Waals surface area contributed by atoms with Crippen LogP contribution in [0, 0.1) is 0 Å². The Hall–Kier alpha value is -1.50. The molecule has 0 aliphatic rings. The molecule has 1 unspecified atom stereocenters. The summed E-state index contributed by atoms with van der Waals surface area (Å²) in [7, 11) is -1.23. The van der Waals surface area contributed by atoms with Crippen molar-refractivity contribution in [1.82, 2.24) is 0 Å². The quantitative estimate of drug-likeness (QED) is 0.766. The minimum atomic E-state index is -1.23. The van der Waals surface area contributed by atoms with Gasteiger partial charge in [0.25, 0.3) is 0 Å². The highest BCUT2D eigenvalue weighted by Crippen LogP contribution is 2.39. The maximum Gasteiger partial charge on any atom is 0.216 e. The predicted octanol–water partition coefficient (Wildman–Crippen LogP) is 3.59. The molecule has 2 rings (SSSR count). The fourth-order valence-corrected chi connectivity index (χ4v) is 3.23. The first kappa shape index (κ1) is 12.9. The van der Waals surface area contributed by atoms with Crippen LogP contribution in [0.15, 0.2) is 60.7 Å². The Morgan fingerprint density at radius 1 is 1.00 bits per heavy atom. The molecule has 0 saturated carbocycles. The van der Waals surface area contributed by atoms with Gasteiger partial charge in [-0.2, -0.15) is 0 Å². The van der Waals surface area contributed by atoms with Crippen LogP contribution in [0.3, 0.4) is 0 Å². The molecular weight excluding hydrogens is 243 g/mol. The van der Waals surface area contributed by atoms with Gasteiger partial charge in [-0.05, 0) is 6.92 Å². The lowest BCUT2D eigenvalue weighted by atomic mass is 10.2. The Kier molecular flexibility index (Phi) is 4.63. The molecule has 18 heavy (non-hydrogen) atoms. The molecule has 92 valence electrons. The second-order valence-corrected chi connectivity index (χ2v) is 5.49. The van der Waals surface area contributed by atoms with Crippen molar-refractivity contribution in [3.05, 3.63) is 66.2 Å². The third-order valence-electron chi connectivity index (χ3n) is 2.45. The molecule has 3 heteroatoms. The third kappa shape index (κ3) is 3.04. The van der Waals surface area contributed by atoms with Gasteiger partial charge in [-0.3, -0.25) is 4.79 Å². The highest BCUT2D eigenvalue weighted by Gasteiger charge is 2.22. The molecule has 0 aliphatic heterocycles. The maximum absolute atomic E-state index is 12.4. The molecule has 0 aliphatic carbocycles. The molecule has 2 aromatic carbocycles. The minimum absolute atomic E-state index is 0.0682. The van der Waals surface area contributed by atoms with Crippen LogP contribution in [0.25, 0.3) is 0 Å². The van der Waals surface area contributed by atoms with Gasteiger partial charge in [-0.1, -0.05) is 60.7 Å². The summed E-state index contributed by atoms with van der Waals surface area (Å²) in [5, 5.41) is 0.961. The molecule has 0 saturated heterocycles. The molecule has 0 fully saturated rings. The van der Waals surface area contributed by atoms with Crippen molar-refractivity contribution < 1.29 is 9.32 Å². The van der Waals surface area contributed by atoms with Crippen molar-refractivity contribution in [3.8, 4) is 0 Å². The Morgan fingerprint density at radius 3 is 2.11 bits per heavy atom. The molecule has 0 amide bonds. The van der Waals surface area contributed by atoms with Gasteiger partial charge in [0, 0.05) is 17.5 Å². The average Bonchev–Trinajstić information content (AvgIpc) is 2.46. The number of benzene rings is 2. The van der Waals surface area contributed by atoms with Gasteiger partial charge in [0.1, 0.15) is 8.15 Å². The monoisotopic (exact) mass is 258 g/mol. The number of carbonyl (C=O) groups excluding carboxylic acids is 1. The second-order valence-electron chi connectivity index (χ2n) is 3.72. The Labute approximate surface area is 108 Å². The molecule has 0 N–H and O–H groups in total. The summed E-state index contributed by atoms with van der Waals surface area (Å²) >= 11 is 0. The van der Waals surface area contributed by atoms with Gasteiger partial charge >= 0.3 is 0 Å². The van der Waals surface area contributed by atoms with Gasteiger partial charge in [-0.15, -0.1) is 0 Å². The van der Waals surface area contributed by atoms with Crippen molar-refractivity contribution in [2.24, 2.45) is 0 Å².